The van der Waals surface area contributed by atoms with Gasteiger partial charge in [0, 0.05) is 11.8 Å². The zero-order valence-electron chi connectivity index (χ0n) is 12.2. The minimum absolute atomic E-state index is 0.101. The summed E-state index contributed by atoms with van der Waals surface area (Å²) in [6, 6.07) is 0. The van der Waals surface area contributed by atoms with Gasteiger partial charge < -0.3 is 15.4 Å². The molecule has 9 nitrogen and oxygen atoms in total. The third-order valence-electron chi connectivity index (χ3n) is 2.85. The molecule has 0 fully saturated rings. The second-order valence-electron chi connectivity index (χ2n) is 5.65. The van der Waals surface area contributed by atoms with E-state index < -0.39 is 5.97 Å². The van der Waals surface area contributed by atoms with Crippen molar-refractivity contribution in [1.29, 1.82) is 0 Å². The summed E-state index contributed by atoms with van der Waals surface area (Å²) in [5.74, 6) is -0.206. The molecule has 0 aliphatic carbocycles. The second kappa shape index (κ2) is 5.60. The van der Waals surface area contributed by atoms with Gasteiger partial charge in [0.05, 0.1) is 5.69 Å². The molecular weight excluding hydrogens is 276 g/mol. The summed E-state index contributed by atoms with van der Waals surface area (Å²) in [6.45, 7) is 6.38. The molecule has 114 valence electrons. The molecule has 0 saturated carbocycles. The van der Waals surface area contributed by atoms with Gasteiger partial charge in [-0.05, 0) is 6.54 Å². The Balaban J connectivity index is 2.27. The van der Waals surface area contributed by atoms with Gasteiger partial charge >= 0.3 is 5.97 Å². The Bertz CT molecular complexity index is 640. The van der Waals surface area contributed by atoms with Crippen LogP contribution in [0.1, 0.15) is 48.7 Å². The number of aromatic nitrogens is 5. The topological polar surface area (TPSA) is 133 Å². The van der Waals surface area contributed by atoms with Crippen LogP contribution in [0.4, 0.5) is 0 Å². The first-order valence-corrected chi connectivity index (χ1v) is 6.51. The number of carbonyl (C=O) groups is 1. The van der Waals surface area contributed by atoms with E-state index in [1.54, 1.807) is 0 Å². The highest BCUT2D eigenvalue weighted by atomic mass is 16.5. The third kappa shape index (κ3) is 3.24. The van der Waals surface area contributed by atoms with Crippen LogP contribution in [0.15, 0.2) is 4.52 Å². The molecule has 0 aliphatic rings. The SMILES string of the molecule is CC(C)(C)c1noc(Cn2nnc(C(=O)O)c2CCN)n1. The fourth-order valence-corrected chi connectivity index (χ4v) is 1.76. The highest BCUT2D eigenvalue weighted by Gasteiger charge is 2.23. The van der Waals surface area contributed by atoms with Gasteiger partial charge in [0.1, 0.15) is 6.54 Å². The van der Waals surface area contributed by atoms with Crippen LogP contribution in [0.2, 0.25) is 0 Å². The fraction of sp³-hybridized carbons (Fsp3) is 0.583. The summed E-state index contributed by atoms with van der Waals surface area (Å²) in [6.07, 6.45) is 0.356. The standard InChI is InChI=1S/C12H18N6O3/c1-12(2,3)11-14-8(21-16-11)6-18-7(4-5-13)9(10(19)20)15-17-18/h4-6,13H2,1-3H3,(H,19,20). The second-order valence-corrected chi connectivity index (χ2v) is 5.65. The molecule has 0 saturated heterocycles. The molecule has 21 heavy (non-hydrogen) atoms. The average molecular weight is 294 g/mol. The summed E-state index contributed by atoms with van der Waals surface area (Å²) in [7, 11) is 0. The summed E-state index contributed by atoms with van der Waals surface area (Å²) >= 11 is 0. The summed E-state index contributed by atoms with van der Waals surface area (Å²) in [5.41, 5.74) is 5.62. The molecule has 2 aromatic rings. The normalized spacial score (nSPS) is 11.8. The molecular formula is C12H18N6O3. The molecule has 0 aliphatic heterocycles. The van der Waals surface area contributed by atoms with E-state index >= 15 is 0 Å². The van der Waals surface area contributed by atoms with Crippen molar-refractivity contribution in [1.82, 2.24) is 25.1 Å². The lowest BCUT2D eigenvalue weighted by atomic mass is 9.96. The summed E-state index contributed by atoms with van der Waals surface area (Å²) in [4.78, 5) is 15.4. The van der Waals surface area contributed by atoms with Crippen LogP contribution in [-0.2, 0) is 18.4 Å². The van der Waals surface area contributed by atoms with Gasteiger partial charge in [0.15, 0.2) is 11.5 Å². The molecule has 9 heteroatoms. The predicted molar refractivity (Wildman–Crippen MR) is 71.8 cm³/mol. The fourth-order valence-electron chi connectivity index (χ4n) is 1.76. The van der Waals surface area contributed by atoms with Crippen molar-refractivity contribution in [2.75, 3.05) is 6.54 Å². The average Bonchev–Trinajstić information content (AvgIpc) is 2.98. The van der Waals surface area contributed by atoms with Crippen molar-refractivity contribution in [2.24, 2.45) is 5.73 Å². The van der Waals surface area contributed by atoms with E-state index in [0.29, 0.717) is 30.4 Å². The van der Waals surface area contributed by atoms with Gasteiger partial charge in [-0.1, -0.05) is 31.1 Å². The van der Waals surface area contributed by atoms with Gasteiger partial charge in [0.2, 0.25) is 5.89 Å². The number of carboxylic acid groups (broad SMARTS) is 1. The number of rotatable bonds is 5. The van der Waals surface area contributed by atoms with E-state index in [-0.39, 0.29) is 17.7 Å². The van der Waals surface area contributed by atoms with E-state index in [0.717, 1.165) is 0 Å². The van der Waals surface area contributed by atoms with Crippen LogP contribution in [0.5, 0.6) is 0 Å². The molecule has 0 bridgehead atoms. The van der Waals surface area contributed by atoms with E-state index in [4.69, 9.17) is 15.4 Å². The van der Waals surface area contributed by atoms with Crippen molar-refractivity contribution >= 4 is 5.97 Å². The lowest BCUT2D eigenvalue weighted by Crippen LogP contribution is -2.15. The van der Waals surface area contributed by atoms with E-state index in [1.165, 1.54) is 4.68 Å². The van der Waals surface area contributed by atoms with E-state index in [2.05, 4.69) is 20.5 Å². The summed E-state index contributed by atoms with van der Waals surface area (Å²) < 4.78 is 6.60. The first-order chi connectivity index (χ1) is 9.82. The molecule has 0 aromatic carbocycles. The number of carboxylic acids is 1. The van der Waals surface area contributed by atoms with Crippen LogP contribution in [0.3, 0.4) is 0 Å². The molecule has 2 aromatic heterocycles. The zero-order valence-corrected chi connectivity index (χ0v) is 12.2. The molecule has 0 amide bonds. The Morgan fingerprint density at radius 2 is 2.14 bits per heavy atom. The first-order valence-electron chi connectivity index (χ1n) is 6.51. The Labute approximate surface area is 121 Å². The minimum atomic E-state index is -1.13. The minimum Gasteiger partial charge on any atom is -0.476 e. The Morgan fingerprint density at radius 1 is 1.43 bits per heavy atom. The monoisotopic (exact) mass is 294 g/mol. The smallest absolute Gasteiger partial charge is 0.358 e. The Morgan fingerprint density at radius 3 is 2.67 bits per heavy atom. The lowest BCUT2D eigenvalue weighted by Gasteiger charge is -2.10. The highest BCUT2D eigenvalue weighted by Crippen LogP contribution is 2.19. The van der Waals surface area contributed by atoms with Gasteiger partial charge in [-0.15, -0.1) is 5.10 Å². The van der Waals surface area contributed by atoms with Crippen LogP contribution in [0.25, 0.3) is 0 Å². The highest BCUT2D eigenvalue weighted by molar-refractivity contribution is 5.86. The van der Waals surface area contributed by atoms with Crippen LogP contribution in [-0.4, -0.2) is 42.8 Å². The molecule has 2 heterocycles. The van der Waals surface area contributed by atoms with Gasteiger partial charge in [-0.2, -0.15) is 4.98 Å². The Kier molecular flexibility index (Phi) is 4.03. The third-order valence-corrected chi connectivity index (χ3v) is 2.85. The predicted octanol–water partition coefficient (Wildman–Crippen LogP) is 0.206. The number of nitrogens with two attached hydrogens (primary N) is 1. The van der Waals surface area contributed by atoms with Crippen molar-refractivity contribution in [3.63, 3.8) is 0 Å². The van der Waals surface area contributed by atoms with Crippen LogP contribution in [0, 0.1) is 0 Å². The van der Waals surface area contributed by atoms with Gasteiger partial charge in [0.25, 0.3) is 0 Å². The molecule has 3 N–H and O–H groups in total. The Hall–Kier alpha value is -2.29. The maximum absolute atomic E-state index is 11.1. The van der Waals surface area contributed by atoms with Crippen molar-refractivity contribution < 1.29 is 14.4 Å². The zero-order chi connectivity index (χ0) is 15.6. The maximum Gasteiger partial charge on any atom is 0.358 e. The van der Waals surface area contributed by atoms with Crippen LogP contribution >= 0.6 is 0 Å². The molecule has 0 unspecified atom stereocenters. The molecule has 2 rings (SSSR count). The van der Waals surface area contributed by atoms with Gasteiger partial charge in [-0.3, -0.25) is 0 Å². The van der Waals surface area contributed by atoms with Crippen LogP contribution < -0.4 is 5.73 Å². The first kappa shape index (κ1) is 15.1. The largest absolute Gasteiger partial charge is 0.476 e. The van der Waals surface area contributed by atoms with E-state index in [1.807, 2.05) is 20.8 Å². The number of hydrogen-bond acceptors (Lipinski definition) is 7. The lowest BCUT2D eigenvalue weighted by molar-refractivity contribution is 0.0689. The molecule has 0 atom stereocenters. The van der Waals surface area contributed by atoms with Crippen molar-refractivity contribution in [2.45, 2.75) is 39.2 Å². The maximum atomic E-state index is 11.1. The number of hydrogen-bond donors (Lipinski definition) is 2. The summed E-state index contributed by atoms with van der Waals surface area (Å²) in [5, 5.41) is 20.5. The van der Waals surface area contributed by atoms with Gasteiger partial charge in [-0.25, -0.2) is 9.48 Å². The molecule has 0 radical (unpaired) electrons. The number of nitrogens with zero attached hydrogens (tertiary/aromatic N) is 5. The quantitative estimate of drug-likeness (QED) is 0.799. The van der Waals surface area contributed by atoms with E-state index in [9.17, 15) is 4.79 Å². The van der Waals surface area contributed by atoms with Crippen molar-refractivity contribution in [3.8, 4) is 0 Å². The molecule has 0 spiro atoms. The van der Waals surface area contributed by atoms with Crippen molar-refractivity contribution in [3.05, 3.63) is 23.1 Å². The number of aromatic carboxylic acids is 1.